The molecule has 5 nitrogen and oxygen atoms in total. The van der Waals surface area contributed by atoms with Gasteiger partial charge in [-0.05, 0) is 37.6 Å². The van der Waals surface area contributed by atoms with E-state index in [9.17, 15) is 9.90 Å². The molecule has 21 heavy (non-hydrogen) atoms. The SMILES string of the molecule is CCC(C)(CN)C(=O)N1CCN(c2ccc(O)cc2)CC1. The summed E-state index contributed by atoms with van der Waals surface area (Å²) in [6.07, 6.45) is 0.764. The first kappa shape index (κ1) is 15.6. The maximum absolute atomic E-state index is 12.6. The zero-order valence-corrected chi connectivity index (χ0v) is 12.9. The summed E-state index contributed by atoms with van der Waals surface area (Å²) in [4.78, 5) is 16.7. The molecule has 1 fully saturated rings. The minimum Gasteiger partial charge on any atom is -0.508 e. The van der Waals surface area contributed by atoms with Gasteiger partial charge < -0.3 is 20.6 Å². The Morgan fingerprint density at radius 2 is 1.81 bits per heavy atom. The van der Waals surface area contributed by atoms with Crippen molar-refractivity contribution in [2.75, 3.05) is 37.6 Å². The van der Waals surface area contributed by atoms with Gasteiger partial charge in [-0.2, -0.15) is 0 Å². The third kappa shape index (κ3) is 3.29. The summed E-state index contributed by atoms with van der Waals surface area (Å²) in [7, 11) is 0. The molecule has 0 radical (unpaired) electrons. The monoisotopic (exact) mass is 291 g/mol. The molecule has 2 rings (SSSR count). The Kier molecular flexibility index (Phi) is 4.73. The highest BCUT2D eigenvalue weighted by Crippen LogP contribution is 2.25. The van der Waals surface area contributed by atoms with E-state index in [0.29, 0.717) is 6.54 Å². The van der Waals surface area contributed by atoms with Gasteiger partial charge in [-0.3, -0.25) is 4.79 Å². The number of amides is 1. The van der Waals surface area contributed by atoms with Gasteiger partial charge in [0.1, 0.15) is 5.75 Å². The molecular formula is C16H25N3O2. The molecule has 1 saturated heterocycles. The minimum atomic E-state index is -0.444. The van der Waals surface area contributed by atoms with E-state index in [2.05, 4.69) is 4.90 Å². The molecule has 0 aromatic heterocycles. The van der Waals surface area contributed by atoms with Gasteiger partial charge in [0, 0.05) is 38.4 Å². The van der Waals surface area contributed by atoms with E-state index >= 15 is 0 Å². The third-order valence-electron chi connectivity index (χ3n) is 4.53. The molecule has 1 aliphatic rings. The fourth-order valence-corrected chi connectivity index (χ4v) is 2.60. The molecule has 1 aromatic carbocycles. The summed E-state index contributed by atoms with van der Waals surface area (Å²) in [6, 6.07) is 7.19. The molecule has 3 N–H and O–H groups in total. The first-order valence-electron chi connectivity index (χ1n) is 7.53. The van der Waals surface area contributed by atoms with Crippen LogP contribution < -0.4 is 10.6 Å². The Balaban J connectivity index is 1.97. The Labute approximate surface area is 126 Å². The smallest absolute Gasteiger partial charge is 0.229 e. The number of nitrogens with two attached hydrogens (primary N) is 1. The van der Waals surface area contributed by atoms with Crippen molar-refractivity contribution < 1.29 is 9.90 Å². The number of nitrogens with zero attached hydrogens (tertiary/aromatic N) is 2. The zero-order valence-electron chi connectivity index (χ0n) is 12.9. The van der Waals surface area contributed by atoms with Crippen LogP contribution >= 0.6 is 0 Å². The summed E-state index contributed by atoms with van der Waals surface area (Å²) in [5.41, 5.74) is 6.41. The van der Waals surface area contributed by atoms with E-state index in [1.165, 1.54) is 0 Å². The topological polar surface area (TPSA) is 69.8 Å². The standard InChI is InChI=1S/C16H25N3O2/c1-3-16(2,12-17)15(21)19-10-8-18(9-11-19)13-4-6-14(20)7-5-13/h4-7,20H,3,8-12,17H2,1-2H3. The highest BCUT2D eigenvalue weighted by atomic mass is 16.3. The lowest BCUT2D eigenvalue weighted by Gasteiger charge is -2.40. The number of piperazine rings is 1. The van der Waals surface area contributed by atoms with Crippen molar-refractivity contribution in [3.05, 3.63) is 24.3 Å². The van der Waals surface area contributed by atoms with Crippen LogP contribution in [0.15, 0.2) is 24.3 Å². The number of phenolic OH excluding ortho intramolecular Hbond substituents is 1. The number of aromatic hydroxyl groups is 1. The number of carbonyl (C=O) groups excluding carboxylic acids is 1. The molecule has 0 bridgehead atoms. The van der Waals surface area contributed by atoms with Crippen LogP contribution in [-0.2, 0) is 4.79 Å². The summed E-state index contributed by atoms with van der Waals surface area (Å²) >= 11 is 0. The zero-order chi connectivity index (χ0) is 15.5. The van der Waals surface area contributed by atoms with Gasteiger partial charge in [0.25, 0.3) is 0 Å². The summed E-state index contributed by atoms with van der Waals surface area (Å²) in [5, 5.41) is 9.33. The van der Waals surface area contributed by atoms with E-state index in [4.69, 9.17) is 5.73 Å². The Hall–Kier alpha value is -1.75. The molecule has 116 valence electrons. The van der Waals surface area contributed by atoms with E-state index in [-0.39, 0.29) is 11.7 Å². The molecule has 5 heteroatoms. The molecule has 1 aliphatic heterocycles. The number of rotatable bonds is 4. The molecule has 0 spiro atoms. The largest absolute Gasteiger partial charge is 0.508 e. The van der Waals surface area contributed by atoms with E-state index in [1.807, 2.05) is 30.9 Å². The average Bonchev–Trinajstić information content (AvgIpc) is 2.54. The molecule has 1 atom stereocenters. The Morgan fingerprint density at radius 1 is 1.24 bits per heavy atom. The fraction of sp³-hybridized carbons (Fsp3) is 0.562. The van der Waals surface area contributed by atoms with Crippen LogP contribution in [0.2, 0.25) is 0 Å². The number of anilines is 1. The fourth-order valence-electron chi connectivity index (χ4n) is 2.60. The number of phenols is 1. The van der Waals surface area contributed by atoms with Crippen molar-refractivity contribution in [1.82, 2.24) is 4.90 Å². The van der Waals surface area contributed by atoms with Crippen molar-refractivity contribution in [2.24, 2.45) is 11.1 Å². The minimum absolute atomic E-state index is 0.165. The van der Waals surface area contributed by atoms with Gasteiger partial charge in [-0.1, -0.05) is 6.92 Å². The molecular weight excluding hydrogens is 266 g/mol. The quantitative estimate of drug-likeness (QED) is 0.880. The number of benzene rings is 1. The predicted octanol–water partition coefficient (Wildman–Crippen LogP) is 1.42. The van der Waals surface area contributed by atoms with Gasteiger partial charge in [0.05, 0.1) is 5.41 Å². The van der Waals surface area contributed by atoms with Crippen molar-refractivity contribution in [3.63, 3.8) is 0 Å². The van der Waals surface area contributed by atoms with E-state index in [0.717, 1.165) is 38.3 Å². The van der Waals surface area contributed by atoms with E-state index in [1.54, 1.807) is 12.1 Å². The van der Waals surface area contributed by atoms with Crippen molar-refractivity contribution >= 4 is 11.6 Å². The van der Waals surface area contributed by atoms with Crippen molar-refractivity contribution in [1.29, 1.82) is 0 Å². The highest BCUT2D eigenvalue weighted by molar-refractivity contribution is 5.82. The molecule has 0 saturated carbocycles. The maximum Gasteiger partial charge on any atom is 0.229 e. The van der Waals surface area contributed by atoms with Crippen LogP contribution in [0.4, 0.5) is 5.69 Å². The molecule has 1 unspecified atom stereocenters. The van der Waals surface area contributed by atoms with Crippen molar-refractivity contribution in [2.45, 2.75) is 20.3 Å². The number of hydrogen-bond acceptors (Lipinski definition) is 4. The second-order valence-electron chi connectivity index (χ2n) is 5.91. The van der Waals surface area contributed by atoms with Crippen molar-refractivity contribution in [3.8, 4) is 5.75 Å². The maximum atomic E-state index is 12.6. The second kappa shape index (κ2) is 6.35. The number of hydrogen-bond donors (Lipinski definition) is 2. The lowest BCUT2D eigenvalue weighted by atomic mass is 9.86. The van der Waals surface area contributed by atoms with Crippen LogP contribution in [0.5, 0.6) is 5.75 Å². The lowest BCUT2D eigenvalue weighted by Crippen LogP contribution is -2.54. The van der Waals surface area contributed by atoms with Crippen LogP contribution in [-0.4, -0.2) is 48.6 Å². The summed E-state index contributed by atoms with van der Waals surface area (Å²) < 4.78 is 0. The Morgan fingerprint density at radius 3 is 2.29 bits per heavy atom. The van der Waals surface area contributed by atoms with Gasteiger partial charge in [0.15, 0.2) is 0 Å². The van der Waals surface area contributed by atoms with Gasteiger partial charge in [-0.15, -0.1) is 0 Å². The first-order chi connectivity index (χ1) is 10.00. The van der Waals surface area contributed by atoms with Gasteiger partial charge >= 0.3 is 0 Å². The third-order valence-corrected chi connectivity index (χ3v) is 4.53. The molecule has 1 amide bonds. The average molecular weight is 291 g/mol. The first-order valence-corrected chi connectivity index (χ1v) is 7.53. The molecule has 1 heterocycles. The summed E-state index contributed by atoms with van der Waals surface area (Å²) in [6.45, 7) is 7.39. The summed E-state index contributed by atoms with van der Waals surface area (Å²) in [5.74, 6) is 0.437. The molecule has 1 aromatic rings. The second-order valence-corrected chi connectivity index (χ2v) is 5.91. The van der Waals surface area contributed by atoms with Gasteiger partial charge in [-0.25, -0.2) is 0 Å². The van der Waals surface area contributed by atoms with Crippen LogP contribution in [0.3, 0.4) is 0 Å². The van der Waals surface area contributed by atoms with Gasteiger partial charge in [0.2, 0.25) is 5.91 Å². The van der Waals surface area contributed by atoms with Crippen LogP contribution in [0, 0.1) is 5.41 Å². The lowest BCUT2D eigenvalue weighted by molar-refractivity contribution is -0.141. The number of carbonyl (C=O) groups is 1. The van der Waals surface area contributed by atoms with Crippen LogP contribution in [0.1, 0.15) is 20.3 Å². The predicted molar refractivity (Wildman–Crippen MR) is 84.4 cm³/mol. The normalized spacial score (nSPS) is 18.4. The van der Waals surface area contributed by atoms with E-state index < -0.39 is 5.41 Å². The molecule has 0 aliphatic carbocycles. The Bertz CT molecular complexity index is 475. The highest BCUT2D eigenvalue weighted by Gasteiger charge is 2.35. The van der Waals surface area contributed by atoms with Crippen LogP contribution in [0.25, 0.3) is 0 Å².